The monoisotopic (exact) mass is 497 g/mol. The molecular formula is C29H27N3O3S. The second-order valence-corrected chi connectivity index (χ2v) is 9.66. The Morgan fingerprint density at radius 1 is 0.806 bits per heavy atom. The van der Waals surface area contributed by atoms with Gasteiger partial charge in [-0.2, -0.15) is 0 Å². The van der Waals surface area contributed by atoms with Crippen LogP contribution in [0.25, 0.3) is 0 Å². The van der Waals surface area contributed by atoms with Crippen LogP contribution in [0.5, 0.6) is 0 Å². The minimum Gasteiger partial charge on any atom is -0.478 e. The van der Waals surface area contributed by atoms with E-state index in [1.807, 2.05) is 23.6 Å². The molecule has 182 valence electrons. The highest BCUT2D eigenvalue weighted by atomic mass is 32.1. The Hall–Kier alpha value is -3.94. The van der Waals surface area contributed by atoms with Crippen molar-refractivity contribution in [2.24, 2.45) is 0 Å². The molecule has 1 saturated heterocycles. The lowest BCUT2D eigenvalue weighted by Crippen LogP contribution is -2.48. The fourth-order valence-corrected chi connectivity index (χ4v) is 5.39. The number of hydrogen-bond acceptors (Lipinski definition) is 5. The molecule has 1 amide bonds. The van der Waals surface area contributed by atoms with E-state index in [0.29, 0.717) is 29.3 Å². The zero-order valence-corrected chi connectivity index (χ0v) is 20.5. The first kappa shape index (κ1) is 23.8. The van der Waals surface area contributed by atoms with Crippen LogP contribution >= 0.6 is 11.3 Å². The second kappa shape index (κ2) is 10.8. The fraction of sp³-hybridized carbons (Fsp3) is 0.172. The van der Waals surface area contributed by atoms with E-state index in [9.17, 15) is 14.7 Å². The summed E-state index contributed by atoms with van der Waals surface area (Å²) in [6.45, 7) is 3.00. The summed E-state index contributed by atoms with van der Waals surface area (Å²) < 4.78 is 0. The topological polar surface area (TPSA) is 72.9 Å². The third kappa shape index (κ3) is 5.17. The molecule has 0 spiro atoms. The minimum atomic E-state index is -1.01. The molecular weight excluding hydrogens is 470 g/mol. The van der Waals surface area contributed by atoms with E-state index in [0.717, 1.165) is 13.1 Å². The number of nitrogens with one attached hydrogen (secondary N) is 1. The van der Waals surface area contributed by atoms with E-state index >= 15 is 0 Å². The van der Waals surface area contributed by atoms with Crippen molar-refractivity contribution in [1.29, 1.82) is 0 Å². The van der Waals surface area contributed by atoms with Crippen LogP contribution in [0.1, 0.15) is 37.2 Å². The molecule has 0 radical (unpaired) electrons. The van der Waals surface area contributed by atoms with Crippen LogP contribution < -0.4 is 10.2 Å². The number of piperazine rings is 1. The van der Waals surface area contributed by atoms with Crippen molar-refractivity contribution < 1.29 is 14.7 Å². The molecule has 1 aromatic heterocycles. The molecule has 1 aliphatic heterocycles. The number of amides is 1. The average molecular weight is 498 g/mol. The van der Waals surface area contributed by atoms with E-state index in [4.69, 9.17) is 0 Å². The van der Waals surface area contributed by atoms with Crippen LogP contribution in [0.2, 0.25) is 0 Å². The number of rotatable bonds is 7. The molecule has 4 aromatic rings. The van der Waals surface area contributed by atoms with Crippen molar-refractivity contribution in [2.45, 2.75) is 6.04 Å². The molecule has 2 heterocycles. The van der Waals surface area contributed by atoms with Gasteiger partial charge in [-0.15, -0.1) is 11.3 Å². The molecule has 36 heavy (non-hydrogen) atoms. The first-order valence-corrected chi connectivity index (χ1v) is 12.8. The number of hydrogen-bond donors (Lipinski definition) is 2. The predicted octanol–water partition coefficient (Wildman–Crippen LogP) is 5.61. The average Bonchev–Trinajstić information content (AvgIpc) is 3.46. The van der Waals surface area contributed by atoms with Crippen molar-refractivity contribution in [2.75, 3.05) is 36.4 Å². The lowest BCUT2D eigenvalue weighted by atomic mass is 9.96. The summed E-state index contributed by atoms with van der Waals surface area (Å²) in [6, 6.07) is 29.8. The first-order valence-electron chi connectivity index (χ1n) is 11.9. The number of thiophene rings is 1. The number of carbonyl (C=O) groups is 2. The van der Waals surface area contributed by atoms with Gasteiger partial charge < -0.3 is 15.3 Å². The van der Waals surface area contributed by atoms with Crippen molar-refractivity contribution in [1.82, 2.24) is 4.90 Å². The third-order valence-corrected chi connectivity index (χ3v) is 7.35. The smallest absolute Gasteiger partial charge is 0.337 e. The summed E-state index contributed by atoms with van der Waals surface area (Å²) in [7, 11) is 0. The molecule has 1 aliphatic rings. The molecule has 0 atom stereocenters. The fourth-order valence-electron chi connectivity index (χ4n) is 4.77. The Morgan fingerprint density at radius 3 is 2.00 bits per heavy atom. The summed E-state index contributed by atoms with van der Waals surface area (Å²) >= 11 is 1.34. The summed E-state index contributed by atoms with van der Waals surface area (Å²) in [6.07, 6.45) is 0. The van der Waals surface area contributed by atoms with Gasteiger partial charge in [-0.1, -0.05) is 66.7 Å². The number of anilines is 2. The van der Waals surface area contributed by atoms with Crippen molar-refractivity contribution in [3.63, 3.8) is 0 Å². The SMILES string of the molecule is O=C(Nc1ccc(N2CCN(C(c3ccccc3)c3ccccc3)CC2)c(C(=O)O)c1)c1cccs1. The van der Waals surface area contributed by atoms with Gasteiger partial charge in [-0.25, -0.2) is 4.79 Å². The number of aromatic carboxylic acids is 1. The summed E-state index contributed by atoms with van der Waals surface area (Å²) in [5.74, 6) is -1.25. The van der Waals surface area contributed by atoms with Gasteiger partial charge in [0, 0.05) is 31.9 Å². The molecule has 0 aliphatic carbocycles. The first-order chi connectivity index (χ1) is 17.6. The minimum absolute atomic E-state index is 0.142. The highest BCUT2D eigenvalue weighted by Crippen LogP contribution is 2.32. The number of carbonyl (C=O) groups excluding carboxylic acids is 1. The Balaban J connectivity index is 1.33. The van der Waals surface area contributed by atoms with Crippen LogP contribution in [0.4, 0.5) is 11.4 Å². The number of carboxylic acids is 1. The van der Waals surface area contributed by atoms with E-state index < -0.39 is 5.97 Å². The van der Waals surface area contributed by atoms with Crippen LogP contribution in [0.15, 0.2) is 96.4 Å². The molecule has 2 N–H and O–H groups in total. The zero-order chi connectivity index (χ0) is 24.9. The lowest BCUT2D eigenvalue weighted by Gasteiger charge is -2.41. The molecule has 5 rings (SSSR count). The maximum Gasteiger partial charge on any atom is 0.337 e. The van der Waals surface area contributed by atoms with Gasteiger partial charge in [0.1, 0.15) is 0 Å². The molecule has 0 bridgehead atoms. The molecule has 0 unspecified atom stereocenters. The van der Waals surface area contributed by atoms with Gasteiger partial charge in [0.2, 0.25) is 0 Å². The highest BCUT2D eigenvalue weighted by Gasteiger charge is 2.28. The molecule has 3 aromatic carbocycles. The summed E-state index contributed by atoms with van der Waals surface area (Å²) in [5.41, 5.74) is 3.83. The molecule has 7 heteroatoms. The highest BCUT2D eigenvalue weighted by molar-refractivity contribution is 7.12. The Bertz CT molecular complexity index is 1280. The van der Waals surface area contributed by atoms with Crippen molar-refractivity contribution >= 4 is 34.6 Å². The van der Waals surface area contributed by atoms with E-state index in [2.05, 4.69) is 63.6 Å². The molecule has 0 saturated carbocycles. The van der Waals surface area contributed by atoms with Gasteiger partial charge >= 0.3 is 5.97 Å². The van der Waals surface area contributed by atoms with Crippen LogP contribution in [0, 0.1) is 0 Å². The third-order valence-electron chi connectivity index (χ3n) is 6.48. The van der Waals surface area contributed by atoms with Gasteiger partial charge in [0.15, 0.2) is 0 Å². The van der Waals surface area contributed by atoms with E-state index in [-0.39, 0.29) is 17.5 Å². The summed E-state index contributed by atoms with van der Waals surface area (Å²) in [5, 5.41) is 14.6. The normalized spacial score (nSPS) is 14.1. The maximum atomic E-state index is 12.4. The Kier molecular flexibility index (Phi) is 7.11. The summed E-state index contributed by atoms with van der Waals surface area (Å²) in [4.78, 5) is 29.7. The van der Waals surface area contributed by atoms with Crippen LogP contribution in [0.3, 0.4) is 0 Å². The predicted molar refractivity (Wildman–Crippen MR) is 144 cm³/mol. The van der Waals surface area contributed by atoms with Crippen molar-refractivity contribution in [3.05, 3.63) is 118 Å². The quantitative estimate of drug-likeness (QED) is 0.347. The van der Waals surface area contributed by atoms with Gasteiger partial charge in [0.25, 0.3) is 5.91 Å². The van der Waals surface area contributed by atoms with Gasteiger partial charge in [-0.05, 0) is 40.8 Å². The molecule has 6 nitrogen and oxygen atoms in total. The Labute approximate surface area is 214 Å². The van der Waals surface area contributed by atoms with Crippen molar-refractivity contribution in [3.8, 4) is 0 Å². The van der Waals surface area contributed by atoms with E-state index in [1.165, 1.54) is 22.5 Å². The lowest BCUT2D eigenvalue weighted by molar-refractivity contribution is 0.0697. The number of benzene rings is 3. The van der Waals surface area contributed by atoms with Gasteiger partial charge in [0.05, 0.1) is 22.2 Å². The second-order valence-electron chi connectivity index (χ2n) is 8.72. The molecule has 1 fully saturated rings. The maximum absolute atomic E-state index is 12.4. The largest absolute Gasteiger partial charge is 0.478 e. The standard InChI is InChI=1S/C29H27N3O3S/c33-28(26-12-7-19-36-26)30-23-13-14-25(24(20-23)29(34)35)31-15-17-32(18-16-31)27(21-8-3-1-4-9-21)22-10-5-2-6-11-22/h1-14,19-20,27H,15-18H2,(H,30,33)(H,34,35). The van der Waals surface area contributed by atoms with Gasteiger partial charge in [-0.3, -0.25) is 9.69 Å². The Morgan fingerprint density at radius 2 is 1.44 bits per heavy atom. The number of carboxylic acid groups (broad SMARTS) is 1. The number of nitrogens with zero attached hydrogens (tertiary/aromatic N) is 2. The zero-order valence-electron chi connectivity index (χ0n) is 19.7. The van der Waals surface area contributed by atoms with E-state index in [1.54, 1.807) is 24.3 Å². The van der Waals surface area contributed by atoms with Crippen LogP contribution in [-0.4, -0.2) is 48.1 Å². The van der Waals surface area contributed by atoms with Crippen LogP contribution in [-0.2, 0) is 0 Å².